The van der Waals surface area contributed by atoms with Crippen LogP contribution in [0, 0.1) is 13.8 Å². The number of nitrogens with one attached hydrogen (secondary N) is 1. The molecule has 1 saturated carbocycles. The van der Waals surface area contributed by atoms with E-state index in [1.807, 2.05) is 38.1 Å². The predicted molar refractivity (Wildman–Crippen MR) is 127 cm³/mol. The highest BCUT2D eigenvalue weighted by molar-refractivity contribution is 6.12. The Morgan fingerprint density at radius 2 is 1.78 bits per heavy atom. The molecule has 6 heteroatoms. The Balaban J connectivity index is 1.78. The maximum absolute atomic E-state index is 13.9. The highest BCUT2D eigenvalue weighted by atomic mass is 16.2. The molecule has 32 heavy (non-hydrogen) atoms. The van der Waals surface area contributed by atoms with Crippen molar-refractivity contribution in [2.45, 2.75) is 97.2 Å². The molecule has 1 aromatic carbocycles. The number of benzene rings is 1. The van der Waals surface area contributed by atoms with Gasteiger partial charge in [-0.3, -0.25) is 19.2 Å². The van der Waals surface area contributed by atoms with Crippen molar-refractivity contribution in [3.05, 3.63) is 46.8 Å². The molecule has 2 aliphatic rings. The molecule has 6 nitrogen and oxygen atoms in total. The first-order valence-electron chi connectivity index (χ1n) is 11.8. The van der Waals surface area contributed by atoms with E-state index in [0.29, 0.717) is 12.2 Å². The topological polar surface area (TPSA) is 67.2 Å². The molecule has 1 atom stereocenters. The molecule has 0 bridgehead atoms. The van der Waals surface area contributed by atoms with E-state index in [4.69, 9.17) is 5.10 Å². The number of carbonyl (C=O) groups is 2. The second-order valence-electron chi connectivity index (χ2n) is 10.8. The number of carbonyl (C=O) groups excluding carboxylic acids is 2. The summed E-state index contributed by atoms with van der Waals surface area (Å²) in [6.45, 7) is 12.5. The lowest BCUT2D eigenvalue weighted by Gasteiger charge is -2.44. The highest BCUT2D eigenvalue weighted by Crippen LogP contribution is 2.35. The van der Waals surface area contributed by atoms with Gasteiger partial charge in [-0.05, 0) is 62.9 Å². The predicted octanol–water partition coefficient (Wildman–Crippen LogP) is 4.67. The van der Waals surface area contributed by atoms with Crippen molar-refractivity contribution in [1.82, 2.24) is 15.1 Å². The van der Waals surface area contributed by atoms with E-state index in [-0.39, 0.29) is 23.3 Å². The van der Waals surface area contributed by atoms with Gasteiger partial charge >= 0.3 is 0 Å². The molecule has 0 radical (unpaired) electrons. The zero-order valence-electron chi connectivity index (χ0n) is 20.3. The smallest absolute Gasteiger partial charge is 0.277 e. The van der Waals surface area contributed by atoms with Crippen molar-refractivity contribution in [3.63, 3.8) is 0 Å². The molecule has 1 aromatic heterocycles. The molecule has 2 heterocycles. The summed E-state index contributed by atoms with van der Waals surface area (Å²) in [6, 6.07) is 8.03. The number of aromatic nitrogens is 2. The minimum absolute atomic E-state index is 0.102. The monoisotopic (exact) mass is 436 g/mol. The third kappa shape index (κ3) is 3.96. The van der Waals surface area contributed by atoms with Crippen molar-refractivity contribution >= 4 is 17.5 Å². The van der Waals surface area contributed by atoms with Crippen molar-refractivity contribution in [3.8, 4) is 0 Å². The van der Waals surface area contributed by atoms with Gasteiger partial charge in [0.15, 0.2) is 0 Å². The number of aryl methyl sites for hydroxylation is 2. The van der Waals surface area contributed by atoms with Crippen LogP contribution in [0.3, 0.4) is 0 Å². The van der Waals surface area contributed by atoms with Crippen LogP contribution in [0.2, 0.25) is 0 Å². The Bertz CT molecular complexity index is 1040. The van der Waals surface area contributed by atoms with E-state index in [9.17, 15) is 9.59 Å². The van der Waals surface area contributed by atoms with Crippen molar-refractivity contribution in [1.29, 1.82) is 0 Å². The summed E-state index contributed by atoms with van der Waals surface area (Å²) < 4.78 is 1.74. The molecular formula is C26H36N4O2. The largest absolute Gasteiger partial charge is 0.351 e. The van der Waals surface area contributed by atoms with Gasteiger partial charge < -0.3 is 5.32 Å². The van der Waals surface area contributed by atoms with Crippen LogP contribution in [0.5, 0.6) is 0 Å². The van der Waals surface area contributed by atoms with Gasteiger partial charge in [0.25, 0.3) is 5.91 Å². The Hall–Kier alpha value is -2.63. The molecule has 1 N–H and O–H groups in total. The number of anilines is 1. The molecule has 172 valence electrons. The van der Waals surface area contributed by atoms with Crippen LogP contribution >= 0.6 is 0 Å². The van der Waals surface area contributed by atoms with Gasteiger partial charge in [0.05, 0.1) is 12.2 Å². The Morgan fingerprint density at radius 1 is 1.09 bits per heavy atom. The number of nitrogens with zero attached hydrogens (tertiary/aromatic N) is 3. The quantitative estimate of drug-likeness (QED) is 0.761. The number of hydrogen-bond acceptors (Lipinski definition) is 3. The van der Waals surface area contributed by atoms with E-state index in [1.54, 1.807) is 9.58 Å². The number of hydrogen-bond donors (Lipinski definition) is 1. The van der Waals surface area contributed by atoms with Gasteiger partial charge in [-0.25, -0.2) is 0 Å². The first-order chi connectivity index (χ1) is 15.0. The molecule has 2 amide bonds. The lowest BCUT2D eigenvalue weighted by Crippen LogP contribution is -2.65. The fourth-order valence-electron chi connectivity index (χ4n) is 4.81. The van der Waals surface area contributed by atoms with Gasteiger partial charge in [0.2, 0.25) is 5.91 Å². The Kier molecular flexibility index (Phi) is 5.68. The summed E-state index contributed by atoms with van der Waals surface area (Å²) >= 11 is 0. The van der Waals surface area contributed by atoms with Gasteiger partial charge in [0.1, 0.15) is 11.2 Å². The number of fused-ring (bicyclic) bond motifs is 1. The fourth-order valence-corrected chi connectivity index (χ4v) is 4.81. The van der Waals surface area contributed by atoms with Gasteiger partial charge in [-0.2, -0.15) is 5.10 Å². The standard InChI is InChI=1S/C26H36N4O2/c1-17-12-13-20(14-18(17)2)30-23(31)21-15-22(25(3,4)5)28-29(21)16-26(30,6)24(32)27-19-10-8-7-9-11-19/h12-15,19H,7-11,16H2,1-6H3,(H,27,32)/t26-/m1/s1. The van der Waals surface area contributed by atoms with Gasteiger partial charge in [0, 0.05) is 17.1 Å². The summed E-state index contributed by atoms with van der Waals surface area (Å²) in [4.78, 5) is 29.3. The molecule has 4 rings (SSSR count). The first-order valence-corrected chi connectivity index (χ1v) is 11.8. The van der Waals surface area contributed by atoms with E-state index >= 15 is 0 Å². The summed E-state index contributed by atoms with van der Waals surface area (Å²) in [6.07, 6.45) is 5.50. The first kappa shape index (κ1) is 22.6. The average Bonchev–Trinajstić information content (AvgIpc) is 3.16. The van der Waals surface area contributed by atoms with Crippen LogP contribution in [0.15, 0.2) is 24.3 Å². The third-order valence-corrected chi connectivity index (χ3v) is 7.10. The van der Waals surface area contributed by atoms with Gasteiger partial charge in [-0.15, -0.1) is 0 Å². The van der Waals surface area contributed by atoms with Crippen LogP contribution in [-0.2, 0) is 16.8 Å². The molecule has 1 fully saturated rings. The minimum atomic E-state index is -1.07. The van der Waals surface area contributed by atoms with Crippen LogP contribution in [0.25, 0.3) is 0 Å². The zero-order chi connectivity index (χ0) is 23.3. The van der Waals surface area contributed by atoms with E-state index in [0.717, 1.165) is 48.2 Å². The lowest BCUT2D eigenvalue weighted by atomic mass is 9.90. The van der Waals surface area contributed by atoms with Crippen LogP contribution < -0.4 is 10.2 Å². The van der Waals surface area contributed by atoms with Gasteiger partial charge in [-0.1, -0.05) is 46.1 Å². The summed E-state index contributed by atoms with van der Waals surface area (Å²) in [7, 11) is 0. The molecular weight excluding hydrogens is 400 g/mol. The zero-order valence-corrected chi connectivity index (χ0v) is 20.3. The molecule has 0 saturated heterocycles. The Labute approximate surface area is 191 Å². The molecule has 0 unspecified atom stereocenters. The lowest BCUT2D eigenvalue weighted by molar-refractivity contribution is -0.127. The second-order valence-corrected chi connectivity index (χ2v) is 10.8. The van der Waals surface area contributed by atoms with Crippen LogP contribution in [0.1, 0.15) is 87.1 Å². The molecule has 2 aromatic rings. The van der Waals surface area contributed by atoms with E-state index in [2.05, 4.69) is 33.0 Å². The molecule has 1 aliphatic heterocycles. The number of amides is 2. The molecule has 0 spiro atoms. The van der Waals surface area contributed by atoms with Crippen LogP contribution in [0.4, 0.5) is 5.69 Å². The maximum Gasteiger partial charge on any atom is 0.277 e. The second kappa shape index (κ2) is 8.05. The van der Waals surface area contributed by atoms with Crippen molar-refractivity contribution in [2.24, 2.45) is 0 Å². The van der Waals surface area contributed by atoms with E-state index in [1.165, 1.54) is 6.42 Å². The van der Waals surface area contributed by atoms with E-state index < -0.39 is 5.54 Å². The van der Waals surface area contributed by atoms with Crippen molar-refractivity contribution < 1.29 is 9.59 Å². The summed E-state index contributed by atoms with van der Waals surface area (Å²) in [5, 5.41) is 8.02. The average molecular weight is 437 g/mol. The Morgan fingerprint density at radius 3 is 2.41 bits per heavy atom. The third-order valence-electron chi connectivity index (χ3n) is 7.10. The minimum Gasteiger partial charge on any atom is -0.351 e. The van der Waals surface area contributed by atoms with Crippen molar-refractivity contribution in [2.75, 3.05) is 4.90 Å². The van der Waals surface area contributed by atoms with Crippen LogP contribution in [-0.4, -0.2) is 33.2 Å². The normalized spacial score (nSPS) is 22.1. The fraction of sp³-hybridized carbons (Fsp3) is 0.577. The number of rotatable bonds is 3. The molecule has 1 aliphatic carbocycles. The maximum atomic E-state index is 13.9. The highest BCUT2D eigenvalue weighted by Gasteiger charge is 2.49. The SMILES string of the molecule is Cc1ccc(N2C(=O)c3cc(C(C)(C)C)nn3C[C@]2(C)C(=O)NC2CCCCC2)cc1C. The summed E-state index contributed by atoms with van der Waals surface area (Å²) in [5.74, 6) is -0.279. The summed E-state index contributed by atoms with van der Waals surface area (Å²) in [5.41, 5.74) is 3.16.